The molecule has 0 aromatic heterocycles. The average Bonchev–Trinajstić information content (AvgIpc) is 2.45. The van der Waals surface area contributed by atoms with Crippen molar-refractivity contribution in [2.45, 2.75) is 46.1 Å². The topological polar surface area (TPSA) is 46.6 Å². The van der Waals surface area contributed by atoms with Crippen LogP contribution in [0.1, 0.15) is 40.0 Å². The Hall–Kier alpha value is -1.55. The normalized spacial score (nSPS) is 11.8. The van der Waals surface area contributed by atoms with Crippen molar-refractivity contribution in [2.24, 2.45) is 0 Å². The van der Waals surface area contributed by atoms with Crippen LogP contribution in [-0.2, 0) is 14.3 Å². The lowest BCUT2D eigenvalue weighted by atomic mass is 10.1. The standard InChI is InChI=1S/C16H22ClNO3/c1-4-6-11-21-16(20)15(5-2)18(12(3)19)14-9-7-13(17)8-10-14/h7-10,15H,4-6,11H2,1-3H3. The molecule has 116 valence electrons. The molecule has 0 fully saturated rings. The van der Waals surface area contributed by atoms with E-state index in [9.17, 15) is 9.59 Å². The second-order valence-electron chi connectivity index (χ2n) is 4.81. The van der Waals surface area contributed by atoms with Crippen LogP contribution in [0, 0.1) is 0 Å². The number of amides is 1. The van der Waals surface area contributed by atoms with Crippen molar-refractivity contribution in [1.29, 1.82) is 0 Å². The summed E-state index contributed by atoms with van der Waals surface area (Å²) in [4.78, 5) is 25.6. The third-order valence-electron chi connectivity index (χ3n) is 3.16. The monoisotopic (exact) mass is 311 g/mol. The summed E-state index contributed by atoms with van der Waals surface area (Å²) >= 11 is 5.86. The van der Waals surface area contributed by atoms with Gasteiger partial charge in [-0.3, -0.25) is 9.69 Å². The van der Waals surface area contributed by atoms with Crippen LogP contribution in [0.3, 0.4) is 0 Å². The summed E-state index contributed by atoms with van der Waals surface area (Å²) < 4.78 is 5.25. The number of esters is 1. The Labute approximate surface area is 131 Å². The van der Waals surface area contributed by atoms with E-state index in [4.69, 9.17) is 16.3 Å². The van der Waals surface area contributed by atoms with Crippen molar-refractivity contribution in [2.75, 3.05) is 11.5 Å². The molecule has 0 N–H and O–H groups in total. The molecule has 0 spiro atoms. The van der Waals surface area contributed by atoms with Crippen molar-refractivity contribution in [3.63, 3.8) is 0 Å². The van der Waals surface area contributed by atoms with Crippen LogP contribution in [-0.4, -0.2) is 24.5 Å². The van der Waals surface area contributed by atoms with Crippen LogP contribution in [0.2, 0.25) is 5.02 Å². The predicted octanol–water partition coefficient (Wildman–Crippen LogP) is 3.81. The van der Waals surface area contributed by atoms with E-state index in [2.05, 4.69) is 0 Å². The minimum Gasteiger partial charge on any atom is -0.464 e. The highest BCUT2D eigenvalue weighted by atomic mass is 35.5. The number of anilines is 1. The molecule has 1 atom stereocenters. The molecule has 1 aromatic rings. The van der Waals surface area contributed by atoms with E-state index in [0.717, 1.165) is 12.8 Å². The maximum Gasteiger partial charge on any atom is 0.329 e. The smallest absolute Gasteiger partial charge is 0.329 e. The predicted molar refractivity (Wildman–Crippen MR) is 84.6 cm³/mol. The Bertz CT molecular complexity index is 473. The van der Waals surface area contributed by atoms with Gasteiger partial charge in [0.05, 0.1) is 6.61 Å². The van der Waals surface area contributed by atoms with E-state index in [1.165, 1.54) is 11.8 Å². The molecular formula is C16H22ClNO3. The number of nitrogens with zero attached hydrogens (tertiary/aromatic N) is 1. The van der Waals surface area contributed by atoms with Gasteiger partial charge in [-0.05, 0) is 37.1 Å². The van der Waals surface area contributed by atoms with E-state index in [-0.39, 0.29) is 11.9 Å². The third-order valence-corrected chi connectivity index (χ3v) is 3.41. The van der Waals surface area contributed by atoms with E-state index >= 15 is 0 Å². The first kappa shape index (κ1) is 17.5. The van der Waals surface area contributed by atoms with Gasteiger partial charge in [-0.2, -0.15) is 0 Å². The van der Waals surface area contributed by atoms with Crippen LogP contribution in [0.4, 0.5) is 5.69 Å². The number of hydrogen-bond acceptors (Lipinski definition) is 3. The van der Waals surface area contributed by atoms with Crippen LogP contribution < -0.4 is 4.90 Å². The Morgan fingerprint density at radius 3 is 2.33 bits per heavy atom. The molecule has 1 unspecified atom stereocenters. The van der Waals surface area contributed by atoms with E-state index < -0.39 is 6.04 Å². The highest BCUT2D eigenvalue weighted by Crippen LogP contribution is 2.22. The molecule has 5 heteroatoms. The van der Waals surface area contributed by atoms with Gasteiger partial charge in [-0.15, -0.1) is 0 Å². The molecule has 0 radical (unpaired) electrons. The van der Waals surface area contributed by atoms with Crippen LogP contribution >= 0.6 is 11.6 Å². The lowest BCUT2D eigenvalue weighted by molar-refractivity contribution is -0.146. The fourth-order valence-electron chi connectivity index (χ4n) is 2.05. The van der Waals surface area contributed by atoms with Crippen molar-refractivity contribution < 1.29 is 14.3 Å². The third kappa shape index (κ3) is 5.05. The first-order valence-electron chi connectivity index (χ1n) is 7.23. The van der Waals surface area contributed by atoms with Gasteiger partial charge in [0.15, 0.2) is 0 Å². The Morgan fingerprint density at radius 1 is 1.24 bits per heavy atom. The number of rotatable bonds is 7. The second-order valence-corrected chi connectivity index (χ2v) is 5.25. The van der Waals surface area contributed by atoms with Gasteiger partial charge >= 0.3 is 5.97 Å². The average molecular weight is 312 g/mol. The largest absolute Gasteiger partial charge is 0.464 e. The van der Waals surface area contributed by atoms with Gasteiger partial charge in [-0.25, -0.2) is 4.79 Å². The van der Waals surface area contributed by atoms with Crippen molar-refractivity contribution >= 4 is 29.2 Å². The van der Waals surface area contributed by atoms with Gasteiger partial charge in [0.2, 0.25) is 5.91 Å². The van der Waals surface area contributed by atoms with Gasteiger partial charge < -0.3 is 4.74 Å². The molecule has 0 aliphatic rings. The summed E-state index contributed by atoms with van der Waals surface area (Å²) in [6.07, 6.45) is 2.27. The number of unbranched alkanes of at least 4 members (excludes halogenated alkanes) is 1. The van der Waals surface area contributed by atoms with Crippen LogP contribution in [0.25, 0.3) is 0 Å². The highest BCUT2D eigenvalue weighted by Gasteiger charge is 2.29. The number of ether oxygens (including phenoxy) is 1. The molecular weight excluding hydrogens is 290 g/mol. The summed E-state index contributed by atoms with van der Waals surface area (Å²) in [5, 5.41) is 0.584. The zero-order valence-electron chi connectivity index (χ0n) is 12.8. The molecule has 0 aliphatic carbocycles. The molecule has 21 heavy (non-hydrogen) atoms. The van der Waals surface area contributed by atoms with Gasteiger partial charge in [0.1, 0.15) is 6.04 Å². The van der Waals surface area contributed by atoms with E-state index in [0.29, 0.717) is 23.7 Å². The first-order chi connectivity index (χ1) is 10.0. The highest BCUT2D eigenvalue weighted by molar-refractivity contribution is 6.30. The summed E-state index contributed by atoms with van der Waals surface area (Å²) in [6.45, 7) is 5.72. The van der Waals surface area contributed by atoms with Gasteiger partial charge in [0.25, 0.3) is 0 Å². The molecule has 0 aliphatic heterocycles. The summed E-state index contributed by atoms with van der Waals surface area (Å²) in [7, 11) is 0. The molecule has 0 bridgehead atoms. The SMILES string of the molecule is CCCCOC(=O)C(CC)N(C(C)=O)c1ccc(Cl)cc1. The minimum atomic E-state index is -0.611. The summed E-state index contributed by atoms with van der Waals surface area (Å²) in [5.74, 6) is -0.562. The van der Waals surface area contributed by atoms with Gasteiger partial charge in [-0.1, -0.05) is 31.9 Å². The number of carbonyl (C=O) groups is 2. The molecule has 1 rings (SSSR count). The zero-order chi connectivity index (χ0) is 15.8. The number of hydrogen-bond donors (Lipinski definition) is 0. The maximum absolute atomic E-state index is 12.2. The number of halogens is 1. The molecule has 1 amide bonds. The summed E-state index contributed by atoms with van der Waals surface area (Å²) in [6, 6.07) is 6.24. The second kappa shape index (κ2) is 8.67. The molecule has 0 heterocycles. The minimum absolute atomic E-state index is 0.198. The van der Waals surface area contributed by atoms with Crippen molar-refractivity contribution in [3.8, 4) is 0 Å². The summed E-state index contributed by atoms with van der Waals surface area (Å²) in [5.41, 5.74) is 0.645. The maximum atomic E-state index is 12.2. The molecule has 1 aromatic carbocycles. The fraction of sp³-hybridized carbons (Fsp3) is 0.500. The lowest BCUT2D eigenvalue weighted by Gasteiger charge is -2.28. The number of benzene rings is 1. The van der Waals surface area contributed by atoms with Gasteiger partial charge in [0, 0.05) is 17.6 Å². The Balaban J connectivity index is 2.93. The lowest BCUT2D eigenvalue weighted by Crippen LogP contribution is -2.45. The quantitative estimate of drug-likeness (QED) is 0.568. The Morgan fingerprint density at radius 2 is 1.86 bits per heavy atom. The van der Waals surface area contributed by atoms with Crippen LogP contribution in [0.15, 0.2) is 24.3 Å². The zero-order valence-corrected chi connectivity index (χ0v) is 13.5. The van der Waals surface area contributed by atoms with Crippen molar-refractivity contribution in [1.82, 2.24) is 0 Å². The Kier molecular flexibility index (Phi) is 7.23. The fourth-order valence-corrected chi connectivity index (χ4v) is 2.18. The van der Waals surface area contributed by atoms with E-state index in [1.807, 2.05) is 13.8 Å². The molecule has 4 nitrogen and oxygen atoms in total. The molecule has 0 saturated heterocycles. The van der Waals surface area contributed by atoms with Crippen LogP contribution in [0.5, 0.6) is 0 Å². The van der Waals surface area contributed by atoms with E-state index in [1.54, 1.807) is 24.3 Å². The van der Waals surface area contributed by atoms with Crippen molar-refractivity contribution in [3.05, 3.63) is 29.3 Å². The number of carbonyl (C=O) groups excluding carboxylic acids is 2. The molecule has 0 saturated carbocycles. The first-order valence-corrected chi connectivity index (χ1v) is 7.61.